The van der Waals surface area contributed by atoms with Crippen LogP contribution in [0.25, 0.3) is 5.82 Å². The maximum atomic E-state index is 4.51. The third-order valence-electron chi connectivity index (χ3n) is 2.91. The van der Waals surface area contributed by atoms with Crippen LogP contribution in [-0.2, 0) is 13.0 Å². The number of hydrogen-bond acceptors (Lipinski definition) is 3. The van der Waals surface area contributed by atoms with Crippen molar-refractivity contribution < 1.29 is 0 Å². The van der Waals surface area contributed by atoms with Gasteiger partial charge in [-0.05, 0) is 32.4 Å². The molecule has 0 saturated carbocycles. The first-order valence-corrected chi connectivity index (χ1v) is 6.72. The summed E-state index contributed by atoms with van der Waals surface area (Å²) in [5, 5.41) is 3.46. The van der Waals surface area contributed by atoms with E-state index in [1.54, 1.807) is 0 Å². The molecule has 19 heavy (non-hydrogen) atoms. The number of pyridine rings is 1. The van der Waals surface area contributed by atoms with Crippen LogP contribution in [0, 0.1) is 0 Å². The Morgan fingerprint density at radius 3 is 2.58 bits per heavy atom. The quantitative estimate of drug-likeness (QED) is 0.917. The fourth-order valence-corrected chi connectivity index (χ4v) is 1.84. The zero-order valence-electron chi connectivity index (χ0n) is 12.1. The van der Waals surface area contributed by atoms with E-state index < -0.39 is 0 Å². The van der Waals surface area contributed by atoms with Crippen molar-refractivity contribution in [2.24, 2.45) is 0 Å². The zero-order chi connectivity index (χ0) is 13.9. The molecule has 0 saturated heterocycles. The molecular formula is C15H22N4. The first kappa shape index (κ1) is 13.7. The summed E-state index contributed by atoms with van der Waals surface area (Å²) >= 11 is 0. The van der Waals surface area contributed by atoms with Crippen molar-refractivity contribution in [3.63, 3.8) is 0 Å². The Bertz CT molecular complexity index is 520. The second-order valence-electron chi connectivity index (χ2n) is 5.70. The number of imidazole rings is 1. The molecule has 0 atom stereocenters. The van der Waals surface area contributed by atoms with Gasteiger partial charge in [-0.3, -0.25) is 4.57 Å². The summed E-state index contributed by atoms with van der Waals surface area (Å²) in [5.74, 6) is 1.96. The van der Waals surface area contributed by atoms with E-state index in [-0.39, 0.29) is 5.54 Å². The average Bonchev–Trinajstić information content (AvgIpc) is 2.84. The lowest BCUT2D eigenvalue weighted by Crippen LogP contribution is -2.35. The van der Waals surface area contributed by atoms with Crippen LogP contribution in [0.4, 0.5) is 0 Å². The van der Waals surface area contributed by atoms with Gasteiger partial charge in [0.15, 0.2) is 0 Å². The molecule has 1 N–H and O–H groups in total. The number of nitrogens with one attached hydrogen (secondary N) is 1. The lowest BCUT2D eigenvalue weighted by molar-refractivity contribution is 0.424. The van der Waals surface area contributed by atoms with E-state index >= 15 is 0 Å². The van der Waals surface area contributed by atoms with Crippen molar-refractivity contribution in [3.05, 3.63) is 42.1 Å². The molecule has 0 aliphatic carbocycles. The standard InChI is InChI=1S/C15H22N4/c1-5-13-16-8-9-19(13)14-7-6-12(10-17-14)11-18-15(2,3)4/h6-10,18H,5,11H2,1-4H3. The summed E-state index contributed by atoms with van der Waals surface area (Å²) in [7, 11) is 0. The van der Waals surface area contributed by atoms with Crippen molar-refractivity contribution in [1.29, 1.82) is 0 Å². The van der Waals surface area contributed by atoms with Gasteiger partial charge in [0.2, 0.25) is 0 Å². The van der Waals surface area contributed by atoms with Gasteiger partial charge in [0.25, 0.3) is 0 Å². The van der Waals surface area contributed by atoms with Gasteiger partial charge in [0, 0.05) is 37.1 Å². The van der Waals surface area contributed by atoms with Crippen LogP contribution >= 0.6 is 0 Å². The molecule has 0 fully saturated rings. The number of aromatic nitrogens is 3. The van der Waals surface area contributed by atoms with Gasteiger partial charge in [0.05, 0.1) is 0 Å². The van der Waals surface area contributed by atoms with Crippen LogP contribution < -0.4 is 5.32 Å². The Morgan fingerprint density at radius 2 is 2.00 bits per heavy atom. The molecule has 2 aromatic rings. The molecule has 0 spiro atoms. The van der Waals surface area contributed by atoms with Crippen LogP contribution in [0.3, 0.4) is 0 Å². The Morgan fingerprint density at radius 1 is 1.21 bits per heavy atom. The van der Waals surface area contributed by atoms with Crippen LogP contribution in [0.2, 0.25) is 0 Å². The molecule has 0 aliphatic rings. The van der Waals surface area contributed by atoms with Gasteiger partial charge in [-0.15, -0.1) is 0 Å². The number of rotatable bonds is 4. The van der Waals surface area contributed by atoms with Gasteiger partial charge in [-0.1, -0.05) is 13.0 Å². The summed E-state index contributed by atoms with van der Waals surface area (Å²) in [6.45, 7) is 9.41. The van der Waals surface area contributed by atoms with Crippen molar-refractivity contribution in [1.82, 2.24) is 19.9 Å². The highest BCUT2D eigenvalue weighted by Crippen LogP contribution is 2.10. The molecule has 0 radical (unpaired) electrons. The molecule has 2 rings (SSSR count). The number of aryl methyl sites for hydroxylation is 1. The van der Waals surface area contributed by atoms with Crippen molar-refractivity contribution in [2.75, 3.05) is 0 Å². The summed E-state index contributed by atoms with van der Waals surface area (Å²) in [6, 6.07) is 4.15. The third-order valence-corrected chi connectivity index (χ3v) is 2.91. The molecule has 4 nitrogen and oxygen atoms in total. The summed E-state index contributed by atoms with van der Waals surface area (Å²) in [4.78, 5) is 8.83. The lowest BCUT2D eigenvalue weighted by Gasteiger charge is -2.20. The normalized spacial score (nSPS) is 11.8. The minimum Gasteiger partial charge on any atom is -0.308 e. The number of hydrogen-bond donors (Lipinski definition) is 1. The summed E-state index contributed by atoms with van der Waals surface area (Å²) < 4.78 is 2.03. The molecule has 4 heteroatoms. The number of nitrogens with zero attached hydrogens (tertiary/aromatic N) is 3. The van der Waals surface area contributed by atoms with E-state index in [0.29, 0.717) is 0 Å². The van der Waals surface area contributed by atoms with E-state index in [9.17, 15) is 0 Å². The largest absolute Gasteiger partial charge is 0.308 e. The third kappa shape index (κ3) is 3.64. The fourth-order valence-electron chi connectivity index (χ4n) is 1.84. The highest BCUT2D eigenvalue weighted by Gasteiger charge is 2.09. The molecule has 2 heterocycles. The van der Waals surface area contributed by atoms with Crippen molar-refractivity contribution in [2.45, 2.75) is 46.2 Å². The minimum absolute atomic E-state index is 0.123. The monoisotopic (exact) mass is 258 g/mol. The smallest absolute Gasteiger partial charge is 0.137 e. The van der Waals surface area contributed by atoms with Crippen molar-refractivity contribution in [3.8, 4) is 5.82 Å². The predicted molar refractivity (Wildman–Crippen MR) is 77.3 cm³/mol. The highest BCUT2D eigenvalue weighted by molar-refractivity contribution is 5.27. The van der Waals surface area contributed by atoms with Gasteiger partial charge >= 0.3 is 0 Å². The zero-order valence-corrected chi connectivity index (χ0v) is 12.1. The molecule has 0 bridgehead atoms. The molecule has 102 valence electrons. The SMILES string of the molecule is CCc1nccn1-c1ccc(CNC(C)(C)C)cn1. The van der Waals surface area contributed by atoms with Gasteiger partial charge in [0.1, 0.15) is 11.6 Å². The minimum atomic E-state index is 0.123. The van der Waals surface area contributed by atoms with E-state index in [0.717, 1.165) is 24.6 Å². The summed E-state index contributed by atoms with van der Waals surface area (Å²) in [6.07, 6.45) is 6.60. The fraction of sp³-hybridized carbons (Fsp3) is 0.467. The molecule has 0 aromatic carbocycles. The lowest BCUT2D eigenvalue weighted by atomic mass is 10.1. The predicted octanol–water partition coefficient (Wildman–Crippen LogP) is 2.72. The van der Waals surface area contributed by atoms with Crippen LogP contribution in [-0.4, -0.2) is 20.1 Å². The van der Waals surface area contributed by atoms with Gasteiger partial charge < -0.3 is 5.32 Å². The molecule has 0 amide bonds. The second kappa shape index (κ2) is 5.53. The average molecular weight is 258 g/mol. The first-order valence-electron chi connectivity index (χ1n) is 6.72. The van der Waals surface area contributed by atoms with Gasteiger partial charge in [-0.25, -0.2) is 9.97 Å². The highest BCUT2D eigenvalue weighted by atomic mass is 15.1. The topological polar surface area (TPSA) is 42.7 Å². The maximum absolute atomic E-state index is 4.51. The molecule has 0 unspecified atom stereocenters. The Labute approximate surface area is 114 Å². The second-order valence-corrected chi connectivity index (χ2v) is 5.70. The first-order chi connectivity index (χ1) is 8.99. The van der Waals surface area contributed by atoms with Crippen LogP contribution in [0.15, 0.2) is 30.7 Å². The van der Waals surface area contributed by atoms with E-state index in [4.69, 9.17) is 0 Å². The van der Waals surface area contributed by atoms with E-state index in [1.165, 1.54) is 5.56 Å². The molecular weight excluding hydrogens is 236 g/mol. The van der Waals surface area contributed by atoms with Crippen LogP contribution in [0.5, 0.6) is 0 Å². The molecule has 2 aromatic heterocycles. The Balaban J connectivity index is 2.10. The Kier molecular flexibility index (Phi) is 4.00. The summed E-state index contributed by atoms with van der Waals surface area (Å²) in [5.41, 5.74) is 1.31. The maximum Gasteiger partial charge on any atom is 0.137 e. The van der Waals surface area contributed by atoms with Crippen LogP contribution in [0.1, 0.15) is 39.1 Å². The van der Waals surface area contributed by atoms with E-state index in [2.05, 4.69) is 49.0 Å². The van der Waals surface area contributed by atoms with Gasteiger partial charge in [-0.2, -0.15) is 0 Å². The Hall–Kier alpha value is -1.68. The van der Waals surface area contributed by atoms with E-state index in [1.807, 2.05) is 29.2 Å². The molecule has 0 aliphatic heterocycles. The van der Waals surface area contributed by atoms with Crippen molar-refractivity contribution >= 4 is 0 Å².